The predicted octanol–water partition coefficient (Wildman–Crippen LogP) is 2.51. The molecule has 1 aromatic rings. The summed E-state index contributed by atoms with van der Waals surface area (Å²) in [5.41, 5.74) is 1.14. The lowest BCUT2D eigenvalue weighted by molar-refractivity contribution is -0.137. The number of rotatable bonds is 6. The molecule has 0 radical (unpaired) electrons. The molecule has 0 amide bonds. The molecular weight excluding hydrogens is 270 g/mol. The molecule has 5 nitrogen and oxygen atoms in total. The Balaban J connectivity index is 1.93. The van der Waals surface area contributed by atoms with E-state index in [0.29, 0.717) is 6.61 Å². The van der Waals surface area contributed by atoms with Gasteiger partial charge >= 0.3 is 0 Å². The van der Waals surface area contributed by atoms with Gasteiger partial charge in [0, 0.05) is 12.6 Å². The van der Waals surface area contributed by atoms with E-state index in [1.54, 1.807) is 14.2 Å². The zero-order valence-electron chi connectivity index (χ0n) is 13.4. The third-order valence-corrected chi connectivity index (χ3v) is 3.63. The van der Waals surface area contributed by atoms with E-state index >= 15 is 0 Å². The van der Waals surface area contributed by atoms with Gasteiger partial charge in [-0.25, -0.2) is 0 Å². The van der Waals surface area contributed by atoms with Gasteiger partial charge in [0.15, 0.2) is 17.3 Å². The Labute approximate surface area is 126 Å². The Hall–Kier alpha value is -1.30. The van der Waals surface area contributed by atoms with Gasteiger partial charge in [0.25, 0.3) is 0 Å². The highest BCUT2D eigenvalue weighted by molar-refractivity contribution is 5.43. The van der Waals surface area contributed by atoms with Crippen LogP contribution in [0, 0.1) is 0 Å². The summed E-state index contributed by atoms with van der Waals surface area (Å²) in [5.74, 6) is 1.01. The SMILES string of the molecule is COc1ccc(C(C)NCC2COC(C)(C)O2)cc1OC. The standard InChI is InChI=1S/C16H25NO4/c1-11(17-9-13-10-20-16(2,3)21-13)12-6-7-14(18-4)15(8-12)19-5/h6-8,11,13,17H,9-10H2,1-5H3. The van der Waals surface area contributed by atoms with Gasteiger partial charge < -0.3 is 24.3 Å². The van der Waals surface area contributed by atoms with E-state index in [0.717, 1.165) is 23.6 Å². The highest BCUT2D eigenvalue weighted by Crippen LogP contribution is 2.30. The van der Waals surface area contributed by atoms with Crippen LogP contribution in [0.1, 0.15) is 32.4 Å². The fourth-order valence-corrected chi connectivity index (χ4v) is 2.41. The summed E-state index contributed by atoms with van der Waals surface area (Å²) < 4.78 is 21.9. The van der Waals surface area contributed by atoms with Crippen molar-refractivity contribution in [3.63, 3.8) is 0 Å². The van der Waals surface area contributed by atoms with E-state index in [1.807, 2.05) is 32.0 Å². The van der Waals surface area contributed by atoms with E-state index < -0.39 is 5.79 Å². The average Bonchev–Trinajstić information content (AvgIpc) is 2.83. The maximum Gasteiger partial charge on any atom is 0.163 e. The van der Waals surface area contributed by atoms with Crippen molar-refractivity contribution in [1.82, 2.24) is 5.32 Å². The van der Waals surface area contributed by atoms with Gasteiger partial charge in [0.05, 0.1) is 26.9 Å². The van der Waals surface area contributed by atoms with Crippen molar-refractivity contribution in [3.05, 3.63) is 23.8 Å². The minimum atomic E-state index is -0.473. The molecule has 1 aliphatic heterocycles. The van der Waals surface area contributed by atoms with E-state index in [-0.39, 0.29) is 12.1 Å². The molecule has 0 aromatic heterocycles. The number of benzene rings is 1. The second kappa shape index (κ2) is 6.64. The lowest BCUT2D eigenvalue weighted by Crippen LogP contribution is -2.32. The Morgan fingerprint density at radius 3 is 2.57 bits per heavy atom. The number of hydrogen-bond donors (Lipinski definition) is 1. The van der Waals surface area contributed by atoms with Crippen molar-refractivity contribution in [2.75, 3.05) is 27.4 Å². The number of nitrogens with one attached hydrogen (secondary N) is 1. The zero-order valence-corrected chi connectivity index (χ0v) is 13.4. The smallest absolute Gasteiger partial charge is 0.163 e. The van der Waals surface area contributed by atoms with Crippen LogP contribution in [-0.4, -0.2) is 39.3 Å². The first-order valence-corrected chi connectivity index (χ1v) is 7.22. The van der Waals surface area contributed by atoms with Crippen LogP contribution in [0.5, 0.6) is 11.5 Å². The molecule has 1 saturated heterocycles. The monoisotopic (exact) mass is 295 g/mol. The normalized spacial score (nSPS) is 22.0. The molecule has 1 heterocycles. The van der Waals surface area contributed by atoms with Crippen molar-refractivity contribution in [3.8, 4) is 11.5 Å². The fourth-order valence-electron chi connectivity index (χ4n) is 2.41. The highest BCUT2D eigenvalue weighted by atomic mass is 16.7. The van der Waals surface area contributed by atoms with Gasteiger partial charge in [-0.15, -0.1) is 0 Å². The molecule has 2 atom stereocenters. The van der Waals surface area contributed by atoms with Crippen LogP contribution in [0.2, 0.25) is 0 Å². The lowest BCUT2D eigenvalue weighted by atomic mass is 10.1. The van der Waals surface area contributed by atoms with Gasteiger partial charge in [-0.1, -0.05) is 6.07 Å². The number of methoxy groups -OCH3 is 2. The molecule has 21 heavy (non-hydrogen) atoms. The largest absolute Gasteiger partial charge is 0.493 e. The minimum Gasteiger partial charge on any atom is -0.493 e. The molecule has 0 saturated carbocycles. The van der Waals surface area contributed by atoms with E-state index in [4.69, 9.17) is 18.9 Å². The summed E-state index contributed by atoms with van der Waals surface area (Å²) in [4.78, 5) is 0. The summed E-state index contributed by atoms with van der Waals surface area (Å²) in [6.07, 6.45) is 0.0857. The molecule has 1 aromatic carbocycles. The molecule has 1 fully saturated rings. The summed E-state index contributed by atoms with van der Waals surface area (Å²) in [6, 6.07) is 6.14. The van der Waals surface area contributed by atoms with Crippen LogP contribution < -0.4 is 14.8 Å². The second-order valence-electron chi connectivity index (χ2n) is 5.70. The fraction of sp³-hybridized carbons (Fsp3) is 0.625. The summed E-state index contributed by atoms with van der Waals surface area (Å²) >= 11 is 0. The third-order valence-electron chi connectivity index (χ3n) is 3.63. The first-order chi connectivity index (χ1) is 9.95. The second-order valence-corrected chi connectivity index (χ2v) is 5.70. The van der Waals surface area contributed by atoms with Crippen molar-refractivity contribution in [1.29, 1.82) is 0 Å². The van der Waals surface area contributed by atoms with E-state index in [9.17, 15) is 0 Å². The van der Waals surface area contributed by atoms with Crippen LogP contribution in [-0.2, 0) is 9.47 Å². The molecule has 1 N–H and O–H groups in total. The molecular formula is C16H25NO4. The molecule has 1 aliphatic rings. The van der Waals surface area contributed by atoms with E-state index in [2.05, 4.69) is 12.2 Å². The van der Waals surface area contributed by atoms with Crippen molar-refractivity contribution >= 4 is 0 Å². The summed E-state index contributed by atoms with van der Waals surface area (Å²) in [5, 5.41) is 3.47. The molecule has 0 aliphatic carbocycles. The molecule has 0 bridgehead atoms. The third kappa shape index (κ3) is 4.09. The Morgan fingerprint density at radius 1 is 1.29 bits per heavy atom. The zero-order chi connectivity index (χ0) is 15.5. The number of hydrogen-bond acceptors (Lipinski definition) is 5. The molecule has 118 valence electrons. The predicted molar refractivity (Wildman–Crippen MR) is 80.9 cm³/mol. The average molecular weight is 295 g/mol. The van der Waals surface area contributed by atoms with Crippen molar-refractivity contribution in [2.24, 2.45) is 0 Å². The summed E-state index contributed by atoms with van der Waals surface area (Å²) in [6.45, 7) is 7.36. The van der Waals surface area contributed by atoms with Gasteiger partial charge in [0.2, 0.25) is 0 Å². The van der Waals surface area contributed by atoms with Crippen LogP contribution in [0.3, 0.4) is 0 Å². The van der Waals surface area contributed by atoms with Crippen LogP contribution >= 0.6 is 0 Å². The molecule has 0 spiro atoms. The van der Waals surface area contributed by atoms with Gasteiger partial charge in [-0.05, 0) is 38.5 Å². The van der Waals surface area contributed by atoms with Gasteiger partial charge in [-0.3, -0.25) is 0 Å². The summed E-state index contributed by atoms with van der Waals surface area (Å²) in [7, 11) is 3.28. The highest BCUT2D eigenvalue weighted by Gasteiger charge is 2.32. The van der Waals surface area contributed by atoms with E-state index in [1.165, 1.54) is 0 Å². The van der Waals surface area contributed by atoms with Crippen LogP contribution in [0.25, 0.3) is 0 Å². The Kier molecular flexibility index (Phi) is 5.08. The molecule has 2 rings (SSSR count). The Morgan fingerprint density at radius 2 is 2.00 bits per heavy atom. The van der Waals surface area contributed by atoms with Crippen molar-refractivity contribution < 1.29 is 18.9 Å². The van der Waals surface area contributed by atoms with Crippen molar-refractivity contribution in [2.45, 2.75) is 38.7 Å². The first kappa shape index (κ1) is 16.1. The Bertz CT molecular complexity index is 475. The minimum absolute atomic E-state index is 0.0857. The topological polar surface area (TPSA) is 49.0 Å². The quantitative estimate of drug-likeness (QED) is 0.874. The number of ether oxygens (including phenoxy) is 4. The molecule has 2 unspecified atom stereocenters. The maximum atomic E-state index is 5.79. The first-order valence-electron chi connectivity index (χ1n) is 7.22. The maximum absolute atomic E-state index is 5.79. The molecule has 5 heteroatoms. The van der Waals surface area contributed by atoms with Crippen LogP contribution in [0.4, 0.5) is 0 Å². The van der Waals surface area contributed by atoms with Gasteiger partial charge in [0.1, 0.15) is 0 Å². The van der Waals surface area contributed by atoms with Gasteiger partial charge in [-0.2, -0.15) is 0 Å². The van der Waals surface area contributed by atoms with Crippen LogP contribution in [0.15, 0.2) is 18.2 Å². The lowest BCUT2D eigenvalue weighted by Gasteiger charge is -2.20.